The van der Waals surface area contributed by atoms with Crippen LogP contribution < -0.4 is 16.0 Å². The van der Waals surface area contributed by atoms with Gasteiger partial charge in [-0.25, -0.2) is 14.8 Å². The van der Waals surface area contributed by atoms with Crippen molar-refractivity contribution in [2.75, 3.05) is 43.4 Å². The van der Waals surface area contributed by atoms with Crippen LogP contribution in [-0.2, 0) is 0 Å². The fourth-order valence-corrected chi connectivity index (χ4v) is 3.90. The first-order chi connectivity index (χ1) is 14.0. The number of nitrogen functional groups attached to an aromatic ring is 1. The van der Waals surface area contributed by atoms with Gasteiger partial charge in [-0.3, -0.25) is 5.41 Å². The zero-order valence-corrected chi connectivity index (χ0v) is 16.5. The van der Waals surface area contributed by atoms with Crippen LogP contribution in [0.1, 0.15) is 18.5 Å². The molecule has 29 heavy (non-hydrogen) atoms. The van der Waals surface area contributed by atoms with Crippen molar-refractivity contribution in [2.24, 2.45) is 5.73 Å². The van der Waals surface area contributed by atoms with E-state index in [0.717, 1.165) is 50.5 Å². The van der Waals surface area contributed by atoms with Gasteiger partial charge in [0, 0.05) is 38.9 Å². The van der Waals surface area contributed by atoms with E-state index in [0.29, 0.717) is 11.5 Å². The molecule has 0 bridgehead atoms. The summed E-state index contributed by atoms with van der Waals surface area (Å²) in [4.78, 5) is 27.4. The van der Waals surface area contributed by atoms with Crippen LogP contribution in [0, 0.1) is 5.41 Å². The third kappa shape index (κ3) is 3.94. The SMILES string of the molecule is CN1CCN([C@@H]2CCCN(c3cnc(C(=N)N)c(Nc4ccccc4)n3)C2)C1=O. The minimum Gasteiger partial charge on any atom is -0.382 e. The fraction of sp³-hybridized carbons (Fsp3) is 0.400. The molecule has 9 heteroatoms. The Morgan fingerprint density at radius 1 is 1.24 bits per heavy atom. The lowest BCUT2D eigenvalue weighted by Gasteiger charge is -2.37. The van der Waals surface area contributed by atoms with Gasteiger partial charge in [0.05, 0.1) is 12.2 Å². The van der Waals surface area contributed by atoms with Gasteiger partial charge in [-0.1, -0.05) is 18.2 Å². The van der Waals surface area contributed by atoms with E-state index in [1.54, 1.807) is 11.1 Å². The van der Waals surface area contributed by atoms with Gasteiger partial charge in [-0.15, -0.1) is 0 Å². The van der Waals surface area contributed by atoms with Crippen LogP contribution in [0.4, 0.5) is 22.1 Å². The molecule has 0 unspecified atom stereocenters. The van der Waals surface area contributed by atoms with E-state index in [1.807, 2.05) is 42.3 Å². The maximum Gasteiger partial charge on any atom is 0.320 e. The highest BCUT2D eigenvalue weighted by Gasteiger charge is 2.34. The van der Waals surface area contributed by atoms with Gasteiger partial charge in [0.25, 0.3) is 0 Å². The molecule has 0 spiro atoms. The predicted molar refractivity (Wildman–Crippen MR) is 113 cm³/mol. The van der Waals surface area contributed by atoms with Crippen molar-refractivity contribution in [2.45, 2.75) is 18.9 Å². The number of para-hydroxylation sites is 1. The normalized spacial score (nSPS) is 19.6. The number of benzene rings is 1. The van der Waals surface area contributed by atoms with E-state index in [1.165, 1.54) is 0 Å². The van der Waals surface area contributed by atoms with E-state index in [-0.39, 0.29) is 17.9 Å². The molecule has 4 rings (SSSR count). The van der Waals surface area contributed by atoms with Crippen molar-refractivity contribution in [3.05, 3.63) is 42.2 Å². The second kappa shape index (κ2) is 7.94. The maximum atomic E-state index is 12.4. The number of nitrogens with zero attached hydrogens (tertiary/aromatic N) is 5. The molecule has 2 aromatic rings. The van der Waals surface area contributed by atoms with Crippen LogP contribution >= 0.6 is 0 Å². The summed E-state index contributed by atoms with van der Waals surface area (Å²) in [5.74, 6) is 1.04. The van der Waals surface area contributed by atoms with Crippen LogP contribution in [0.2, 0.25) is 0 Å². The molecule has 0 aliphatic carbocycles. The molecule has 152 valence electrons. The topological polar surface area (TPSA) is 114 Å². The number of rotatable bonds is 5. The molecule has 9 nitrogen and oxygen atoms in total. The Labute approximate surface area is 170 Å². The lowest BCUT2D eigenvalue weighted by molar-refractivity contribution is 0.175. The third-order valence-electron chi connectivity index (χ3n) is 5.46. The summed E-state index contributed by atoms with van der Waals surface area (Å²) >= 11 is 0. The Bertz CT molecular complexity index is 903. The predicted octanol–water partition coefficient (Wildman–Crippen LogP) is 1.84. The molecule has 2 amide bonds. The first-order valence-electron chi connectivity index (χ1n) is 9.83. The summed E-state index contributed by atoms with van der Waals surface area (Å²) in [6.45, 7) is 3.11. The number of aromatic nitrogens is 2. The minimum absolute atomic E-state index is 0.0984. The smallest absolute Gasteiger partial charge is 0.320 e. The lowest BCUT2D eigenvalue weighted by atomic mass is 10.0. The van der Waals surface area contributed by atoms with Gasteiger partial charge in [0.15, 0.2) is 5.82 Å². The number of nitrogens with two attached hydrogens (primary N) is 1. The first-order valence-corrected chi connectivity index (χ1v) is 9.83. The van der Waals surface area contributed by atoms with Gasteiger partial charge < -0.3 is 25.8 Å². The number of amides is 2. The molecule has 2 aliphatic rings. The molecule has 0 radical (unpaired) electrons. The van der Waals surface area contributed by atoms with E-state index in [4.69, 9.17) is 16.1 Å². The van der Waals surface area contributed by atoms with E-state index < -0.39 is 0 Å². The highest BCUT2D eigenvalue weighted by molar-refractivity contribution is 5.98. The summed E-state index contributed by atoms with van der Waals surface area (Å²) in [6, 6.07) is 9.89. The van der Waals surface area contributed by atoms with Gasteiger partial charge in [0.1, 0.15) is 17.3 Å². The Morgan fingerprint density at radius 2 is 2.03 bits per heavy atom. The van der Waals surface area contributed by atoms with Crippen molar-refractivity contribution >= 4 is 29.2 Å². The molecular weight excluding hydrogens is 368 g/mol. The number of amidine groups is 1. The summed E-state index contributed by atoms with van der Waals surface area (Å²) < 4.78 is 0. The fourth-order valence-electron chi connectivity index (χ4n) is 3.90. The number of likely N-dealkylation sites (N-methyl/N-ethyl adjacent to an activating group) is 1. The average molecular weight is 394 g/mol. The second-order valence-corrected chi connectivity index (χ2v) is 7.47. The number of piperidine rings is 1. The van der Waals surface area contributed by atoms with E-state index in [9.17, 15) is 4.79 Å². The number of hydrogen-bond acceptors (Lipinski definition) is 6. The number of anilines is 3. The average Bonchev–Trinajstić information content (AvgIpc) is 3.07. The number of carbonyl (C=O) groups is 1. The first kappa shape index (κ1) is 19.0. The Morgan fingerprint density at radius 3 is 2.72 bits per heavy atom. The molecule has 2 fully saturated rings. The second-order valence-electron chi connectivity index (χ2n) is 7.47. The summed E-state index contributed by atoms with van der Waals surface area (Å²) in [6.07, 6.45) is 3.63. The van der Waals surface area contributed by atoms with Crippen molar-refractivity contribution in [1.29, 1.82) is 5.41 Å². The molecule has 3 heterocycles. The van der Waals surface area contributed by atoms with Gasteiger partial charge in [-0.2, -0.15) is 0 Å². The standard InChI is InChI=1S/C20H26N8O/c1-26-10-11-28(20(26)29)15-8-5-9-27(13-15)16-12-23-17(18(21)22)19(25-16)24-14-6-3-2-4-7-14/h2-4,6-7,12,15H,5,8-11,13H2,1H3,(H3,21,22)(H,24,25)/t15-/m1/s1. The number of nitrogens with one attached hydrogen (secondary N) is 2. The van der Waals surface area contributed by atoms with Crippen LogP contribution in [0.25, 0.3) is 0 Å². The largest absolute Gasteiger partial charge is 0.382 e. The van der Waals surface area contributed by atoms with E-state index in [2.05, 4.69) is 15.2 Å². The quantitative estimate of drug-likeness (QED) is 0.527. The number of urea groups is 1. The van der Waals surface area contributed by atoms with Crippen LogP contribution in [-0.4, -0.2) is 70.9 Å². The molecule has 2 aliphatic heterocycles. The molecular formula is C20H26N8O. The highest BCUT2D eigenvalue weighted by Crippen LogP contribution is 2.26. The van der Waals surface area contributed by atoms with Crippen molar-refractivity contribution in [1.82, 2.24) is 19.8 Å². The van der Waals surface area contributed by atoms with Gasteiger partial charge >= 0.3 is 6.03 Å². The van der Waals surface area contributed by atoms with Crippen molar-refractivity contribution in [3.8, 4) is 0 Å². The van der Waals surface area contributed by atoms with Crippen LogP contribution in [0.15, 0.2) is 36.5 Å². The third-order valence-corrected chi connectivity index (χ3v) is 5.46. The van der Waals surface area contributed by atoms with Crippen LogP contribution in [0.3, 0.4) is 0 Å². The molecule has 0 saturated carbocycles. The van der Waals surface area contributed by atoms with Crippen LogP contribution in [0.5, 0.6) is 0 Å². The monoisotopic (exact) mass is 394 g/mol. The molecule has 2 saturated heterocycles. The Hall–Kier alpha value is -3.36. The number of carbonyl (C=O) groups excluding carboxylic acids is 1. The molecule has 1 aromatic carbocycles. The summed E-state index contributed by atoms with van der Waals surface area (Å²) in [5.41, 5.74) is 6.88. The van der Waals surface area contributed by atoms with E-state index >= 15 is 0 Å². The summed E-state index contributed by atoms with van der Waals surface area (Å²) in [7, 11) is 1.84. The minimum atomic E-state index is -0.135. The molecule has 4 N–H and O–H groups in total. The number of hydrogen-bond donors (Lipinski definition) is 3. The Balaban J connectivity index is 1.57. The zero-order chi connectivity index (χ0) is 20.4. The van der Waals surface area contributed by atoms with Crippen molar-refractivity contribution < 1.29 is 4.79 Å². The van der Waals surface area contributed by atoms with Gasteiger partial charge in [-0.05, 0) is 25.0 Å². The summed E-state index contributed by atoms with van der Waals surface area (Å²) in [5, 5.41) is 11.0. The molecule has 1 aromatic heterocycles. The van der Waals surface area contributed by atoms with Gasteiger partial charge in [0.2, 0.25) is 0 Å². The maximum absolute atomic E-state index is 12.4. The van der Waals surface area contributed by atoms with Crippen molar-refractivity contribution in [3.63, 3.8) is 0 Å². The zero-order valence-electron chi connectivity index (χ0n) is 16.5. The molecule has 1 atom stereocenters. The Kier molecular flexibility index (Phi) is 5.20. The lowest BCUT2D eigenvalue weighted by Crippen LogP contribution is -2.49. The highest BCUT2D eigenvalue weighted by atomic mass is 16.2.